The van der Waals surface area contributed by atoms with Crippen LogP contribution in [0.3, 0.4) is 0 Å². The summed E-state index contributed by atoms with van der Waals surface area (Å²) in [5.41, 5.74) is 0. The Labute approximate surface area is 61.4 Å². The molecule has 0 aliphatic rings. The molecular formula is H2F6PbS. The molecule has 0 aromatic carbocycles. The van der Waals surface area contributed by atoms with E-state index in [9.17, 15) is 23.3 Å². The second-order valence-electron chi connectivity index (χ2n) is 0.875. The molecule has 8 heteroatoms. The van der Waals surface area contributed by atoms with Crippen LogP contribution in [-0.4, -0.2) is 27.3 Å². The van der Waals surface area contributed by atoms with Gasteiger partial charge >= 0.3 is 37.9 Å². The summed E-state index contributed by atoms with van der Waals surface area (Å²) >= 11 is 0. The van der Waals surface area contributed by atoms with Gasteiger partial charge in [0.25, 0.3) is 0 Å². The average molecular weight is 355 g/mol. The van der Waals surface area contributed by atoms with E-state index in [2.05, 4.69) is 0 Å². The Morgan fingerprint density at radius 2 is 0.625 bits per heavy atom. The molecule has 0 aromatic heterocycles. The molecule has 0 saturated heterocycles. The van der Waals surface area contributed by atoms with Crippen LogP contribution in [0.1, 0.15) is 0 Å². The predicted molar refractivity (Wildman–Crippen MR) is 22.8 cm³/mol. The van der Waals surface area contributed by atoms with Crippen LogP contribution in [0, 0.1) is 0 Å². The Balaban J connectivity index is 0. The molecule has 0 nitrogen and oxygen atoms in total. The molecule has 0 fully saturated rings. The zero-order valence-electron chi connectivity index (χ0n) is 3.38. The summed E-state index contributed by atoms with van der Waals surface area (Å²) in [6.45, 7) is 0. The molecule has 0 aromatic rings. The molecule has 0 atom stereocenters. The molecule has 2 radical (unpaired) electrons. The minimum absolute atomic E-state index is 0. The average Bonchev–Trinajstić information content (AvgIpc) is 0.592. The van der Waals surface area contributed by atoms with Crippen molar-refractivity contribution in [3.63, 3.8) is 0 Å². The summed E-state index contributed by atoms with van der Waals surface area (Å²) in [5.74, 6) is 0. The van der Waals surface area contributed by atoms with Gasteiger partial charge in [0.05, 0.1) is 0 Å². The molecule has 0 saturated carbocycles. The third kappa shape index (κ3) is 323. The molecule has 0 aliphatic heterocycles. The van der Waals surface area contributed by atoms with Gasteiger partial charge < -0.3 is 0 Å². The molecule has 0 rings (SSSR count). The Bertz CT molecular complexity index is 67.1. The summed E-state index contributed by atoms with van der Waals surface area (Å²) in [4.78, 5) is 0. The van der Waals surface area contributed by atoms with Gasteiger partial charge in [-0.1, -0.05) is 23.3 Å². The fourth-order valence-corrected chi connectivity index (χ4v) is 0. The summed E-state index contributed by atoms with van der Waals surface area (Å²) in [6, 6.07) is 0. The van der Waals surface area contributed by atoms with E-state index in [0.29, 0.717) is 0 Å². The van der Waals surface area contributed by atoms with Gasteiger partial charge in [-0.25, -0.2) is 0 Å². The van der Waals surface area contributed by atoms with E-state index < -0.39 is 10.6 Å². The van der Waals surface area contributed by atoms with Crippen LogP contribution in [0.4, 0.5) is 23.3 Å². The van der Waals surface area contributed by atoms with Gasteiger partial charge in [-0.2, -0.15) is 0 Å². The second-order valence-corrected chi connectivity index (χ2v) is 2.62. The van der Waals surface area contributed by atoms with Crippen LogP contribution >= 0.6 is 10.6 Å². The first-order chi connectivity index (χ1) is 2.45. The van der Waals surface area contributed by atoms with E-state index in [1.165, 1.54) is 0 Å². The summed E-state index contributed by atoms with van der Waals surface area (Å²) in [7, 11) is -10.5. The third-order valence-electron chi connectivity index (χ3n) is 0. The van der Waals surface area contributed by atoms with Crippen molar-refractivity contribution in [1.29, 1.82) is 0 Å². The number of hydrogen-bond acceptors (Lipinski definition) is 0. The van der Waals surface area contributed by atoms with Crippen molar-refractivity contribution in [3.8, 4) is 0 Å². The van der Waals surface area contributed by atoms with E-state index >= 15 is 0 Å². The molecule has 0 N–H and O–H groups in total. The zero-order valence-corrected chi connectivity index (χ0v) is 9.70. The molecular weight excluding hydrogens is 353 g/mol. The molecule has 54 valence electrons. The van der Waals surface area contributed by atoms with Crippen molar-refractivity contribution < 1.29 is 23.3 Å². The third-order valence-corrected chi connectivity index (χ3v) is 0. The van der Waals surface area contributed by atoms with E-state index in [4.69, 9.17) is 0 Å². The fourth-order valence-electron chi connectivity index (χ4n) is 0. The fraction of sp³-hybridized carbons (Fsp3) is 0. The van der Waals surface area contributed by atoms with Crippen molar-refractivity contribution in [2.45, 2.75) is 0 Å². The van der Waals surface area contributed by atoms with E-state index in [1.807, 2.05) is 0 Å². The van der Waals surface area contributed by atoms with Crippen LogP contribution in [0.5, 0.6) is 0 Å². The first kappa shape index (κ1) is 11.6. The molecule has 0 amide bonds. The Morgan fingerprint density at radius 1 is 0.625 bits per heavy atom. The van der Waals surface area contributed by atoms with E-state index in [0.717, 1.165) is 0 Å². The summed E-state index contributed by atoms with van der Waals surface area (Å²) in [6.07, 6.45) is 0. The SMILES string of the molecule is FS(F)(F)(F)(F)F.[PbH2]. The van der Waals surface area contributed by atoms with Gasteiger partial charge in [-0.05, 0) is 0 Å². The normalized spacial score (nSPS) is 20.2. The van der Waals surface area contributed by atoms with Crippen molar-refractivity contribution in [2.24, 2.45) is 0 Å². The molecule has 0 aliphatic carbocycles. The van der Waals surface area contributed by atoms with Gasteiger partial charge in [0.1, 0.15) is 0 Å². The van der Waals surface area contributed by atoms with Gasteiger partial charge in [0, 0.05) is 0 Å². The Hall–Kier alpha value is 0.852. The van der Waals surface area contributed by atoms with Crippen LogP contribution in [-0.2, 0) is 0 Å². The quantitative estimate of drug-likeness (QED) is 0.462. The van der Waals surface area contributed by atoms with E-state index in [-0.39, 0.29) is 27.3 Å². The zero-order chi connectivity index (χ0) is 6.41. The van der Waals surface area contributed by atoms with Crippen molar-refractivity contribution >= 4 is 37.9 Å². The van der Waals surface area contributed by atoms with Crippen molar-refractivity contribution in [2.75, 3.05) is 0 Å². The van der Waals surface area contributed by atoms with Gasteiger partial charge in [0.15, 0.2) is 0 Å². The number of rotatable bonds is 0. The molecule has 8 heavy (non-hydrogen) atoms. The maximum absolute atomic E-state index is 10.5. The molecule has 0 unspecified atom stereocenters. The topological polar surface area (TPSA) is 0 Å². The Morgan fingerprint density at radius 3 is 0.625 bits per heavy atom. The number of halogens is 6. The molecule has 0 heterocycles. The van der Waals surface area contributed by atoms with Crippen molar-refractivity contribution in [1.82, 2.24) is 0 Å². The van der Waals surface area contributed by atoms with Gasteiger partial charge in [0.2, 0.25) is 0 Å². The monoisotopic (exact) mass is 356 g/mol. The van der Waals surface area contributed by atoms with Crippen LogP contribution in [0.2, 0.25) is 0 Å². The predicted octanol–water partition coefficient (Wildman–Crippen LogP) is 2.25. The van der Waals surface area contributed by atoms with Crippen LogP contribution in [0.25, 0.3) is 0 Å². The molecule has 0 bridgehead atoms. The van der Waals surface area contributed by atoms with Gasteiger partial charge in [-0.3, -0.25) is 0 Å². The first-order valence-corrected chi connectivity index (χ1v) is 2.78. The van der Waals surface area contributed by atoms with Crippen LogP contribution < -0.4 is 0 Å². The number of hydrogen-bond donors (Lipinski definition) is 0. The summed E-state index contributed by atoms with van der Waals surface area (Å²) in [5, 5.41) is 0. The maximum atomic E-state index is 9.85. The van der Waals surface area contributed by atoms with E-state index in [1.54, 1.807) is 0 Å². The molecule has 0 spiro atoms. The minimum atomic E-state index is -10.5. The van der Waals surface area contributed by atoms with Crippen molar-refractivity contribution in [3.05, 3.63) is 0 Å². The Kier molecular flexibility index (Phi) is 2.13. The van der Waals surface area contributed by atoms with Crippen LogP contribution in [0.15, 0.2) is 0 Å². The first-order valence-electron chi connectivity index (χ1n) is 0.926. The second kappa shape index (κ2) is 1.47. The standard InChI is InChI=1S/F6S.Pb.2H/c1-7(2,3,4,5)6;;;. The summed E-state index contributed by atoms with van der Waals surface area (Å²) < 4.78 is 59.1. The van der Waals surface area contributed by atoms with Gasteiger partial charge in [-0.15, -0.1) is 0 Å².